The SMILES string of the molecule is CCCCCCCC/C=C/CCCCCCCC(=O)OC[C@H](COP(=O)([O-])OCC[N+](C)(C)C)OC(=O)CCCCCCCCCCCCCCCCCC. The molecule has 0 rings (SSSR count). The van der Waals surface area contributed by atoms with Gasteiger partial charge >= 0.3 is 11.9 Å². The first-order valence-electron chi connectivity index (χ1n) is 22.9. The summed E-state index contributed by atoms with van der Waals surface area (Å²) >= 11 is 0. The predicted octanol–water partition coefficient (Wildman–Crippen LogP) is 12.3. The van der Waals surface area contributed by atoms with Crippen molar-refractivity contribution in [1.82, 2.24) is 0 Å². The van der Waals surface area contributed by atoms with Crippen LogP contribution in [0, 0.1) is 0 Å². The summed E-state index contributed by atoms with van der Waals surface area (Å²) in [6.45, 7) is 4.24. The number of hydrogen-bond donors (Lipinski definition) is 0. The van der Waals surface area contributed by atoms with Gasteiger partial charge in [-0.1, -0.05) is 174 Å². The van der Waals surface area contributed by atoms with Crippen molar-refractivity contribution in [2.24, 2.45) is 0 Å². The van der Waals surface area contributed by atoms with Gasteiger partial charge in [0, 0.05) is 12.8 Å². The summed E-state index contributed by atoms with van der Waals surface area (Å²) in [7, 11) is 1.17. The van der Waals surface area contributed by atoms with Crippen molar-refractivity contribution in [1.29, 1.82) is 0 Å². The molecule has 0 aromatic heterocycles. The molecule has 0 bridgehead atoms. The fourth-order valence-electron chi connectivity index (χ4n) is 6.41. The second kappa shape index (κ2) is 38.3. The van der Waals surface area contributed by atoms with Crippen LogP contribution in [0.4, 0.5) is 0 Å². The Balaban J connectivity index is 4.32. The lowest BCUT2D eigenvalue weighted by molar-refractivity contribution is -0.870. The number of rotatable bonds is 42. The lowest BCUT2D eigenvalue weighted by Crippen LogP contribution is -2.37. The van der Waals surface area contributed by atoms with Crippen LogP contribution < -0.4 is 4.89 Å². The molecule has 0 aliphatic heterocycles. The monoisotopic (exact) mass is 802 g/mol. The summed E-state index contributed by atoms with van der Waals surface area (Å²) in [5, 5.41) is 0. The molecule has 0 aliphatic rings. The van der Waals surface area contributed by atoms with Gasteiger partial charge in [0.2, 0.25) is 0 Å². The summed E-state index contributed by atoms with van der Waals surface area (Å²) in [4.78, 5) is 37.5. The van der Waals surface area contributed by atoms with Crippen LogP contribution in [0.2, 0.25) is 0 Å². The second-order valence-corrected chi connectivity index (χ2v) is 18.2. The first-order valence-corrected chi connectivity index (χ1v) is 24.4. The van der Waals surface area contributed by atoms with E-state index in [1.165, 1.54) is 128 Å². The van der Waals surface area contributed by atoms with Crippen LogP contribution in [0.5, 0.6) is 0 Å². The normalized spacial score (nSPS) is 13.6. The maximum atomic E-state index is 12.7. The number of ether oxygens (including phenoxy) is 2. The highest BCUT2D eigenvalue weighted by molar-refractivity contribution is 7.45. The highest BCUT2D eigenvalue weighted by atomic mass is 31.2. The Morgan fingerprint density at radius 2 is 0.927 bits per heavy atom. The molecule has 9 nitrogen and oxygen atoms in total. The Morgan fingerprint density at radius 1 is 0.545 bits per heavy atom. The van der Waals surface area contributed by atoms with Crippen LogP contribution in [0.3, 0.4) is 0 Å². The van der Waals surface area contributed by atoms with Gasteiger partial charge in [0.15, 0.2) is 6.10 Å². The maximum Gasteiger partial charge on any atom is 0.306 e. The molecule has 0 aliphatic carbocycles. The molecular weight excluding hydrogens is 713 g/mol. The first-order chi connectivity index (χ1) is 26.5. The van der Waals surface area contributed by atoms with E-state index in [1.807, 2.05) is 21.1 Å². The minimum absolute atomic E-state index is 0.0288. The topological polar surface area (TPSA) is 111 Å². The Hall–Kier alpha value is -1.25. The number of phosphoric acid groups is 1. The molecule has 55 heavy (non-hydrogen) atoms. The molecule has 0 aromatic rings. The Morgan fingerprint density at radius 3 is 1.35 bits per heavy atom. The van der Waals surface area contributed by atoms with Gasteiger partial charge < -0.3 is 27.9 Å². The van der Waals surface area contributed by atoms with Crippen LogP contribution in [-0.4, -0.2) is 70.0 Å². The minimum Gasteiger partial charge on any atom is -0.756 e. The summed E-state index contributed by atoms with van der Waals surface area (Å²) in [6, 6.07) is 0. The molecular formula is C45H88NO8P. The highest BCUT2D eigenvalue weighted by Crippen LogP contribution is 2.38. The number of esters is 2. The first kappa shape index (κ1) is 53.8. The van der Waals surface area contributed by atoms with Crippen molar-refractivity contribution < 1.29 is 42.1 Å². The van der Waals surface area contributed by atoms with Crippen molar-refractivity contribution in [3.05, 3.63) is 12.2 Å². The zero-order valence-corrected chi connectivity index (χ0v) is 37.5. The largest absolute Gasteiger partial charge is 0.756 e. The molecule has 1 unspecified atom stereocenters. The lowest BCUT2D eigenvalue weighted by Gasteiger charge is -2.28. The Kier molecular flexibility index (Phi) is 37.4. The number of carbonyl (C=O) groups is 2. The number of carbonyl (C=O) groups excluding carboxylic acids is 2. The van der Waals surface area contributed by atoms with Gasteiger partial charge in [0.05, 0.1) is 27.7 Å². The third-order valence-corrected chi connectivity index (χ3v) is 11.0. The van der Waals surface area contributed by atoms with E-state index in [0.717, 1.165) is 51.4 Å². The molecule has 0 heterocycles. The van der Waals surface area contributed by atoms with E-state index in [2.05, 4.69) is 26.0 Å². The molecule has 0 aromatic carbocycles. The third kappa shape index (κ3) is 42.2. The van der Waals surface area contributed by atoms with Gasteiger partial charge in [-0.15, -0.1) is 0 Å². The number of nitrogens with zero attached hydrogens (tertiary/aromatic N) is 1. The highest BCUT2D eigenvalue weighted by Gasteiger charge is 2.21. The third-order valence-electron chi connectivity index (χ3n) is 10.0. The lowest BCUT2D eigenvalue weighted by atomic mass is 10.0. The van der Waals surface area contributed by atoms with Crippen LogP contribution >= 0.6 is 7.82 Å². The van der Waals surface area contributed by atoms with Gasteiger partial charge in [-0.2, -0.15) is 0 Å². The molecule has 0 amide bonds. The van der Waals surface area contributed by atoms with Gasteiger partial charge in [0.25, 0.3) is 7.82 Å². The molecule has 0 spiro atoms. The van der Waals surface area contributed by atoms with Crippen LogP contribution in [0.1, 0.15) is 213 Å². The summed E-state index contributed by atoms with van der Waals surface area (Å²) in [5.74, 6) is -0.833. The Labute approximate surface area is 339 Å². The van der Waals surface area contributed by atoms with Gasteiger partial charge in [-0.3, -0.25) is 14.2 Å². The zero-order valence-electron chi connectivity index (χ0n) is 36.6. The number of likely N-dealkylation sites (N-methyl/N-ethyl adjacent to an activating group) is 1. The van der Waals surface area contributed by atoms with Gasteiger partial charge in [-0.05, 0) is 38.5 Å². The van der Waals surface area contributed by atoms with Crippen molar-refractivity contribution >= 4 is 19.8 Å². The van der Waals surface area contributed by atoms with Crippen molar-refractivity contribution in [2.45, 2.75) is 219 Å². The van der Waals surface area contributed by atoms with Crippen molar-refractivity contribution in [3.63, 3.8) is 0 Å². The summed E-state index contributed by atoms with van der Waals surface area (Å²) in [6.07, 6.45) is 39.4. The van der Waals surface area contributed by atoms with E-state index >= 15 is 0 Å². The predicted molar refractivity (Wildman–Crippen MR) is 227 cm³/mol. The molecule has 0 saturated heterocycles. The molecule has 0 fully saturated rings. The zero-order chi connectivity index (χ0) is 40.7. The second-order valence-electron chi connectivity index (χ2n) is 16.8. The molecule has 0 N–H and O–H groups in total. The van der Waals surface area contributed by atoms with E-state index < -0.39 is 26.5 Å². The fourth-order valence-corrected chi connectivity index (χ4v) is 7.14. The standard InChI is InChI=1S/C45H88NO8P/c1-6-8-10-12-14-16-18-20-22-24-26-28-30-32-34-36-38-45(48)54-43(42-53-55(49,50)52-40-39-46(3,4)5)41-51-44(47)37-35-33-31-29-27-25-23-21-19-17-15-13-11-9-7-2/h21,23,43H,6-20,22,24-42H2,1-5H3/b23-21+/t43-/m1/s1. The number of hydrogen-bond acceptors (Lipinski definition) is 8. The van der Waals surface area contributed by atoms with E-state index in [-0.39, 0.29) is 32.0 Å². The van der Waals surface area contributed by atoms with Crippen molar-refractivity contribution in [2.75, 3.05) is 47.5 Å². The molecule has 326 valence electrons. The molecule has 10 heteroatoms. The van der Waals surface area contributed by atoms with E-state index in [9.17, 15) is 19.0 Å². The fraction of sp³-hybridized carbons (Fsp3) is 0.911. The number of allylic oxidation sites excluding steroid dienone is 2. The number of phosphoric ester groups is 1. The molecule has 2 atom stereocenters. The average Bonchev–Trinajstić information content (AvgIpc) is 3.13. The van der Waals surface area contributed by atoms with Gasteiger partial charge in [0.1, 0.15) is 19.8 Å². The number of unbranched alkanes of at least 4 members (excludes halogenated alkanes) is 26. The van der Waals surface area contributed by atoms with E-state index in [1.54, 1.807) is 0 Å². The van der Waals surface area contributed by atoms with Crippen LogP contribution in [0.25, 0.3) is 0 Å². The number of quaternary nitrogens is 1. The minimum atomic E-state index is -4.62. The molecule has 0 saturated carbocycles. The van der Waals surface area contributed by atoms with Gasteiger partial charge in [-0.25, -0.2) is 0 Å². The summed E-state index contributed by atoms with van der Waals surface area (Å²) < 4.78 is 33.9. The quantitative estimate of drug-likeness (QED) is 0.0197. The van der Waals surface area contributed by atoms with Crippen LogP contribution in [0.15, 0.2) is 12.2 Å². The van der Waals surface area contributed by atoms with Crippen molar-refractivity contribution in [3.8, 4) is 0 Å². The summed E-state index contributed by atoms with van der Waals surface area (Å²) in [5.41, 5.74) is 0. The van der Waals surface area contributed by atoms with E-state index in [0.29, 0.717) is 17.4 Å². The van der Waals surface area contributed by atoms with Crippen LogP contribution in [-0.2, 0) is 32.7 Å². The Bertz CT molecular complexity index is 954. The van der Waals surface area contributed by atoms with E-state index in [4.69, 9.17) is 18.5 Å². The maximum absolute atomic E-state index is 12.7. The molecule has 0 radical (unpaired) electrons. The smallest absolute Gasteiger partial charge is 0.306 e. The average molecular weight is 802 g/mol.